The number of nitrogens with two attached hydrogens (primary N) is 3. The molecule has 0 spiro atoms. The first-order valence-corrected chi connectivity index (χ1v) is 18.3. The Morgan fingerprint density at radius 2 is 1.02 bits per heavy atom. The quantitative estimate of drug-likeness (QED) is 0.0569. The molecule has 3 heterocycles. The Hall–Kier alpha value is -0.640. The SMILES string of the molecule is CCCCCCCCCCCCCCCOC1O[C@H](COC2O[C@H](CO)[C@@H](OC3O[C@H](CN)[C@H](O)[C@H](O)[C@H]3O)[C@H](O)[C@H]2N)[C@H](O)[C@H](O)[C@H]1N. The number of rotatable bonds is 22. The lowest BCUT2D eigenvalue weighted by molar-refractivity contribution is -0.347. The molecule has 16 heteroatoms. The first kappa shape index (κ1) is 42.8. The molecular weight excluding hydrogens is 646 g/mol. The van der Waals surface area contributed by atoms with Gasteiger partial charge in [0.2, 0.25) is 0 Å². The van der Waals surface area contributed by atoms with Gasteiger partial charge in [0.15, 0.2) is 18.9 Å². The van der Waals surface area contributed by atoms with Gasteiger partial charge >= 0.3 is 0 Å². The van der Waals surface area contributed by atoms with Gasteiger partial charge in [-0.05, 0) is 6.42 Å². The lowest BCUT2D eigenvalue weighted by Gasteiger charge is -2.47. The standard InChI is InChI=1S/C33H65N3O13/c1-2-3-4-5-6-7-8-9-10-11-12-13-14-15-44-31-22(35)26(40)25(39)21(48-31)18-45-32-23(36)27(41)30(20(17-37)47-32)49-33-29(43)28(42)24(38)19(16-34)46-33/h19-33,37-43H,2-18,34-36H2,1H3/t19-,20-,21-,22-,23-,24+,25+,26-,27-,28+,29-,30-,31?,32?,33?/m1/s1. The number of unbranched alkanes of at least 4 members (excludes halogenated alkanes) is 12. The summed E-state index contributed by atoms with van der Waals surface area (Å²) < 4.78 is 34.4. The van der Waals surface area contributed by atoms with Crippen molar-refractivity contribution in [1.82, 2.24) is 0 Å². The number of aliphatic hydroxyl groups is 7. The molecular formula is C33H65N3O13. The van der Waals surface area contributed by atoms with Gasteiger partial charge in [-0.1, -0.05) is 84.0 Å². The van der Waals surface area contributed by atoms with Crippen LogP contribution in [0.25, 0.3) is 0 Å². The molecule has 3 aliphatic heterocycles. The van der Waals surface area contributed by atoms with Gasteiger partial charge in [0.05, 0.1) is 25.3 Å². The van der Waals surface area contributed by atoms with E-state index in [9.17, 15) is 35.7 Å². The van der Waals surface area contributed by atoms with Gasteiger partial charge in [0.1, 0.15) is 61.0 Å². The fraction of sp³-hybridized carbons (Fsp3) is 1.00. The van der Waals surface area contributed by atoms with Crippen molar-refractivity contribution in [1.29, 1.82) is 0 Å². The summed E-state index contributed by atoms with van der Waals surface area (Å²) in [5.74, 6) is 0. The van der Waals surface area contributed by atoms with Gasteiger partial charge in [-0.2, -0.15) is 0 Å². The molecule has 3 aliphatic rings. The van der Waals surface area contributed by atoms with Crippen LogP contribution in [0.4, 0.5) is 0 Å². The lowest BCUT2D eigenvalue weighted by atomic mass is 9.95. The van der Waals surface area contributed by atoms with Gasteiger partial charge < -0.3 is 81.4 Å². The number of ether oxygens (including phenoxy) is 6. The molecule has 0 aromatic rings. The van der Waals surface area contributed by atoms with Crippen molar-refractivity contribution in [3.05, 3.63) is 0 Å². The Morgan fingerprint density at radius 3 is 1.59 bits per heavy atom. The van der Waals surface area contributed by atoms with Crippen LogP contribution >= 0.6 is 0 Å². The zero-order valence-electron chi connectivity index (χ0n) is 29.0. The first-order valence-electron chi connectivity index (χ1n) is 18.3. The van der Waals surface area contributed by atoms with Crippen molar-refractivity contribution >= 4 is 0 Å². The van der Waals surface area contributed by atoms with Gasteiger partial charge in [0.25, 0.3) is 0 Å². The monoisotopic (exact) mass is 711 g/mol. The minimum absolute atomic E-state index is 0.187. The van der Waals surface area contributed by atoms with Crippen molar-refractivity contribution in [2.24, 2.45) is 17.2 Å². The molecule has 3 rings (SSSR count). The second-order valence-corrected chi connectivity index (χ2v) is 13.7. The molecule has 3 saturated heterocycles. The van der Waals surface area contributed by atoms with Crippen LogP contribution in [0.3, 0.4) is 0 Å². The second-order valence-electron chi connectivity index (χ2n) is 13.7. The van der Waals surface area contributed by atoms with Gasteiger partial charge in [0, 0.05) is 13.2 Å². The highest BCUT2D eigenvalue weighted by molar-refractivity contribution is 4.96. The summed E-state index contributed by atoms with van der Waals surface area (Å²) in [6, 6.07) is -2.24. The Balaban J connectivity index is 1.40. The molecule has 0 aromatic heterocycles. The van der Waals surface area contributed by atoms with E-state index in [1.165, 1.54) is 64.2 Å². The van der Waals surface area contributed by atoms with Crippen LogP contribution in [0.15, 0.2) is 0 Å². The van der Waals surface area contributed by atoms with E-state index in [4.69, 9.17) is 45.6 Å². The third-order valence-electron chi connectivity index (χ3n) is 9.80. The summed E-state index contributed by atoms with van der Waals surface area (Å²) in [4.78, 5) is 0. The molecule has 0 aliphatic carbocycles. The van der Waals surface area contributed by atoms with E-state index in [1.807, 2.05) is 0 Å². The van der Waals surface area contributed by atoms with E-state index in [-0.39, 0.29) is 13.2 Å². The normalized spacial score (nSPS) is 40.1. The zero-order chi connectivity index (χ0) is 35.9. The maximum atomic E-state index is 11.0. The number of hydrogen-bond acceptors (Lipinski definition) is 16. The number of aliphatic hydroxyl groups excluding tert-OH is 7. The van der Waals surface area contributed by atoms with Crippen LogP contribution in [0.2, 0.25) is 0 Å². The van der Waals surface area contributed by atoms with Crippen molar-refractivity contribution in [2.75, 3.05) is 26.4 Å². The van der Waals surface area contributed by atoms with Crippen LogP contribution in [0.5, 0.6) is 0 Å². The van der Waals surface area contributed by atoms with Crippen molar-refractivity contribution in [3.63, 3.8) is 0 Å². The highest BCUT2D eigenvalue weighted by Gasteiger charge is 2.51. The van der Waals surface area contributed by atoms with Crippen LogP contribution in [-0.4, -0.2) is 154 Å². The summed E-state index contributed by atoms with van der Waals surface area (Å²) >= 11 is 0. The van der Waals surface area contributed by atoms with Crippen molar-refractivity contribution in [3.8, 4) is 0 Å². The summed E-state index contributed by atoms with van der Waals surface area (Å²) in [6.07, 6.45) is -1.72. The summed E-state index contributed by atoms with van der Waals surface area (Å²) in [5, 5.41) is 72.8. The molecule has 15 atom stereocenters. The molecule has 0 radical (unpaired) electrons. The third-order valence-corrected chi connectivity index (χ3v) is 9.80. The largest absolute Gasteiger partial charge is 0.394 e. The average Bonchev–Trinajstić information content (AvgIpc) is 3.10. The van der Waals surface area contributed by atoms with Crippen LogP contribution < -0.4 is 17.2 Å². The molecule has 49 heavy (non-hydrogen) atoms. The number of hydrogen-bond donors (Lipinski definition) is 10. The molecule has 0 amide bonds. The predicted octanol–water partition coefficient (Wildman–Crippen LogP) is -1.56. The fourth-order valence-electron chi connectivity index (χ4n) is 6.53. The molecule has 0 saturated carbocycles. The van der Waals surface area contributed by atoms with E-state index in [1.54, 1.807) is 0 Å². The summed E-state index contributed by atoms with van der Waals surface area (Å²) in [7, 11) is 0. The average molecular weight is 712 g/mol. The van der Waals surface area contributed by atoms with Gasteiger partial charge in [-0.25, -0.2) is 0 Å². The van der Waals surface area contributed by atoms with Crippen molar-refractivity contribution < 1.29 is 64.2 Å². The molecule has 3 fully saturated rings. The van der Waals surface area contributed by atoms with E-state index >= 15 is 0 Å². The molecule has 13 N–H and O–H groups in total. The first-order chi connectivity index (χ1) is 23.5. The Bertz CT molecular complexity index is 880. The van der Waals surface area contributed by atoms with Gasteiger partial charge in [-0.15, -0.1) is 0 Å². The predicted molar refractivity (Wildman–Crippen MR) is 177 cm³/mol. The Labute approximate surface area is 290 Å². The summed E-state index contributed by atoms with van der Waals surface area (Å²) in [6.45, 7) is 1.43. The summed E-state index contributed by atoms with van der Waals surface area (Å²) in [5.41, 5.74) is 17.9. The molecule has 0 aromatic carbocycles. The molecule has 0 bridgehead atoms. The highest BCUT2D eigenvalue weighted by Crippen LogP contribution is 2.30. The van der Waals surface area contributed by atoms with E-state index in [0.29, 0.717) is 6.61 Å². The zero-order valence-corrected chi connectivity index (χ0v) is 29.0. The van der Waals surface area contributed by atoms with Crippen LogP contribution in [0.1, 0.15) is 90.4 Å². The fourth-order valence-corrected chi connectivity index (χ4v) is 6.53. The van der Waals surface area contributed by atoms with Crippen LogP contribution in [-0.2, 0) is 28.4 Å². The minimum Gasteiger partial charge on any atom is -0.394 e. The van der Waals surface area contributed by atoms with E-state index < -0.39 is 98.6 Å². The molecule has 3 unspecified atom stereocenters. The van der Waals surface area contributed by atoms with E-state index in [2.05, 4.69) is 6.92 Å². The maximum Gasteiger partial charge on any atom is 0.187 e. The Kier molecular flexibility index (Phi) is 19.6. The van der Waals surface area contributed by atoms with Crippen LogP contribution in [0, 0.1) is 0 Å². The Morgan fingerprint density at radius 1 is 0.531 bits per heavy atom. The van der Waals surface area contributed by atoms with Crippen molar-refractivity contribution in [2.45, 2.75) is 182 Å². The highest BCUT2D eigenvalue weighted by atomic mass is 16.7. The topological polar surface area (TPSA) is 275 Å². The molecule has 16 nitrogen and oxygen atoms in total. The minimum atomic E-state index is -1.70. The van der Waals surface area contributed by atoms with Gasteiger partial charge in [-0.3, -0.25) is 0 Å². The third kappa shape index (κ3) is 12.5. The maximum absolute atomic E-state index is 11.0. The second kappa shape index (κ2) is 22.4. The molecule has 290 valence electrons. The van der Waals surface area contributed by atoms with E-state index in [0.717, 1.165) is 19.3 Å². The lowest BCUT2D eigenvalue weighted by Crippen LogP contribution is -2.67. The smallest absolute Gasteiger partial charge is 0.187 e.